The number of rotatable bonds is 7. The van der Waals surface area contributed by atoms with Crippen molar-refractivity contribution in [1.29, 1.82) is 0 Å². The molecule has 192 valence electrons. The molecular weight excluding hydrogens is 474 g/mol. The van der Waals surface area contributed by atoms with Crippen molar-refractivity contribution in [2.24, 2.45) is 0 Å². The fourth-order valence-corrected chi connectivity index (χ4v) is 4.80. The zero-order chi connectivity index (χ0) is 26.2. The third-order valence-corrected chi connectivity index (χ3v) is 6.70. The summed E-state index contributed by atoms with van der Waals surface area (Å²) in [6.07, 6.45) is 5.69. The van der Waals surface area contributed by atoms with Crippen molar-refractivity contribution in [3.8, 4) is 11.1 Å². The van der Waals surface area contributed by atoms with Crippen LogP contribution in [0.25, 0.3) is 22.0 Å². The summed E-state index contributed by atoms with van der Waals surface area (Å²) in [5.74, 6) is -2.03. The number of halogens is 2. The smallest absolute Gasteiger partial charge is 0.261 e. The number of fused-ring (bicyclic) bond motifs is 1. The highest BCUT2D eigenvalue weighted by Gasteiger charge is 2.37. The summed E-state index contributed by atoms with van der Waals surface area (Å²) in [4.78, 5) is 29.1. The monoisotopic (exact) mass is 504 g/mol. The SMILES string of the molecule is CCc1[nH]c2ccc(-c3cncc(CN4CCC(F)(F)C4)c3)cc2c1C(=O)Nc1ccc(N(C)C)nc1. The van der Waals surface area contributed by atoms with E-state index in [0.717, 1.165) is 39.1 Å². The van der Waals surface area contributed by atoms with E-state index in [9.17, 15) is 13.6 Å². The first-order valence-electron chi connectivity index (χ1n) is 12.4. The highest BCUT2D eigenvalue weighted by molar-refractivity contribution is 6.14. The number of benzene rings is 1. The maximum absolute atomic E-state index is 13.6. The van der Waals surface area contributed by atoms with Crippen LogP contribution in [0.4, 0.5) is 20.3 Å². The van der Waals surface area contributed by atoms with Gasteiger partial charge in [0.05, 0.1) is 24.0 Å². The number of likely N-dealkylation sites (tertiary alicyclic amines) is 1. The average molecular weight is 505 g/mol. The molecule has 1 aliphatic heterocycles. The Hall–Kier alpha value is -3.85. The van der Waals surface area contributed by atoms with E-state index in [1.54, 1.807) is 23.5 Å². The molecule has 0 unspecified atom stereocenters. The van der Waals surface area contributed by atoms with Gasteiger partial charge in [-0.1, -0.05) is 13.0 Å². The zero-order valence-corrected chi connectivity index (χ0v) is 21.2. The molecule has 0 atom stereocenters. The normalized spacial score (nSPS) is 15.3. The van der Waals surface area contributed by atoms with E-state index in [1.807, 2.05) is 62.3 Å². The Morgan fingerprint density at radius 3 is 2.65 bits per heavy atom. The number of aromatic amines is 1. The van der Waals surface area contributed by atoms with E-state index in [1.165, 1.54) is 0 Å². The number of pyridine rings is 2. The molecule has 7 nitrogen and oxygen atoms in total. The van der Waals surface area contributed by atoms with E-state index in [4.69, 9.17) is 0 Å². The maximum atomic E-state index is 13.6. The molecule has 37 heavy (non-hydrogen) atoms. The molecule has 1 amide bonds. The number of hydrogen-bond donors (Lipinski definition) is 2. The Bertz CT molecular complexity index is 1430. The third kappa shape index (κ3) is 5.32. The Labute approximate surface area is 214 Å². The molecule has 9 heteroatoms. The zero-order valence-electron chi connectivity index (χ0n) is 21.2. The highest BCUT2D eigenvalue weighted by atomic mass is 19.3. The molecule has 0 spiro atoms. The lowest BCUT2D eigenvalue weighted by Crippen LogP contribution is -2.24. The van der Waals surface area contributed by atoms with E-state index in [-0.39, 0.29) is 18.9 Å². The van der Waals surface area contributed by atoms with Crippen LogP contribution in [0.2, 0.25) is 0 Å². The Balaban J connectivity index is 1.43. The standard InChI is InChI=1S/C28H30F2N6O/c1-4-23-26(27(37)33-21-6-8-25(32-15-21)35(2)3)22-12-19(5-7-24(22)34-23)20-11-18(13-31-14-20)16-36-10-9-28(29,30)17-36/h5-8,11-15,34H,4,9-10,16-17H2,1-3H3,(H,33,37). The topological polar surface area (TPSA) is 77.2 Å². The highest BCUT2D eigenvalue weighted by Crippen LogP contribution is 2.31. The molecule has 1 aliphatic rings. The number of anilines is 2. The first-order chi connectivity index (χ1) is 17.7. The van der Waals surface area contributed by atoms with E-state index >= 15 is 0 Å². The summed E-state index contributed by atoms with van der Waals surface area (Å²) in [5.41, 5.74) is 5.59. The maximum Gasteiger partial charge on any atom is 0.261 e. The lowest BCUT2D eigenvalue weighted by atomic mass is 10.0. The van der Waals surface area contributed by atoms with Gasteiger partial charge in [0, 0.05) is 68.2 Å². The van der Waals surface area contributed by atoms with Gasteiger partial charge >= 0.3 is 0 Å². The van der Waals surface area contributed by atoms with E-state index in [0.29, 0.717) is 30.8 Å². The summed E-state index contributed by atoms with van der Waals surface area (Å²) in [7, 11) is 3.82. The fourth-order valence-electron chi connectivity index (χ4n) is 4.80. The Kier molecular flexibility index (Phi) is 6.64. The number of nitrogens with zero attached hydrogens (tertiary/aromatic N) is 4. The average Bonchev–Trinajstić information content (AvgIpc) is 3.42. The summed E-state index contributed by atoms with van der Waals surface area (Å²) in [6, 6.07) is 11.6. The van der Waals surface area contributed by atoms with Crippen LogP contribution in [0.3, 0.4) is 0 Å². The van der Waals surface area contributed by atoms with Crippen LogP contribution in [-0.4, -0.2) is 58.9 Å². The van der Waals surface area contributed by atoms with Crippen LogP contribution in [0.5, 0.6) is 0 Å². The van der Waals surface area contributed by atoms with Crippen molar-refractivity contribution in [3.63, 3.8) is 0 Å². The van der Waals surface area contributed by atoms with Crippen molar-refractivity contribution in [2.75, 3.05) is 37.4 Å². The largest absolute Gasteiger partial charge is 0.363 e. The lowest BCUT2D eigenvalue weighted by molar-refractivity contribution is 0.0115. The molecule has 0 bridgehead atoms. The van der Waals surface area contributed by atoms with Crippen LogP contribution in [0.15, 0.2) is 55.0 Å². The van der Waals surface area contributed by atoms with Gasteiger partial charge in [0.1, 0.15) is 5.82 Å². The number of aryl methyl sites for hydroxylation is 1. The van der Waals surface area contributed by atoms with Gasteiger partial charge in [-0.05, 0) is 47.9 Å². The summed E-state index contributed by atoms with van der Waals surface area (Å²) >= 11 is 0. The van der Waals surface area contributed by atoms with Crippen LogP contribution in [0, 0.1) is 0 Å². The van der Waals surface area contributed by atoms with Gasteiger partial charge in [0.25, 0.3) is 11.8 Å². The molecule has 4 aromatic rings. The van der Waals surface area contributed by atoms with Crippen molar-refractivity contribution in [1.82, 2.24) is 19.9 Å². The predicted octanol–water partition coefficient (Wildman–Crippen LogP) is 5.35. The van der Waals surface area contributed by atoms with Crippen LogP contribution in [0.1, 0.15) is 35.0 Å². The number of carbonyl (C=O) groups excluding carboxylic acids is 1. The van der Waals surface area contributed by atoms with Gasteiger partial charge in [0.15, 0.2) is 0 Å². The number of carbonyl (C=O) groups is 1. The van der Waals surface area contributed by atoms with E-state index in [2.05, 4.69) is 20.3 Å². The van der Waals surface area contributed by atoms with Crippen LogP contribution in [-0.2, 0) is 13.0 Å². The molecule has 0 radical (unpaired) electrons. The fraction of sp³-hybridized carbons (Fsp3) is 0.321. The molecule has 5 rings (SSSR count). The second-order valence-electron chi connectivity index (χ2n) is 9.74. The number of nitrogens with one attached hydrogen (secondary N) is 2. The molecular formula is C28H30F2N6O. The van der Waals surface area contributed by atoms with Crippen LogP contribution >= 0.6 is 0 Å². The van der Waals surface area contributed by atoms with Gasteiger partial charge in [0.2, 0.25) is 0 Å². The number of aromatic nitrogens is 3. The summed E-state index contributed by atoms with van der Waals surface area (Å²) in [5, 5.41) is 3.79. The first kappa shape index (κ1) is 24.8. The molecule has 1 saturated heterocycles. The minimum absolute atomic E-state index is 0.106. The number of amides is 1. The summed E-state index contributed by atoms with van der Waals surface area (Å²) in [6.45, 7) is 2.58. The van der Waals surface area contributed by atoms with Crippen molar-refractivity contribution < 1.29 is 13.6 Å². The molecule has 3 aromatic heterocycles. The van der Waals surface area contributed by atoms with Gasteiger partial charge in [-0.25, -0.2) is 13.8 Å². The Morgan fingerprint density at radius 2 is 1.97 bits per heavy atom. The minimum Gasteiger partial charge on any atom is -0.363 e. The second kappa shape index (κ2) is 9.89. The van der Waals surface area contributed by atoms with E-state index < -0.39 is 5.92 Å². The number of alkyl halides is 2. The second-order valence-corrected chi connectivity index (χ2v) is 9.74. The molecule has 2 N–H and O–H groups in total. The predicted molar refractivity (Wildman–Crippen MR) is 142 cm³/mol. The first-order valence-corrected chi connectivity index (χ1v) is 12.4. The summed E-state index contributed by atoms with van der Waals surface area (Å²) < 4.78 is 27.2. The number of hydrogen-bond acceptors (Lipinski definition) is 5. The Morgan fingerprint density at radius 1 is 1.14 bits per heavy atom. The minimum atomic E-state index is -2.62. The van der Waals surface area contributed by atoms with Crippen molar-refractivity contribution in [2.45, 2.75) is 32.2 Å². The lowest BCUT2D eigenvalue weighted by Gasteiger charge is -2.15. The van der Waals surface area contributed by atoms with Gasteiger partial charge in [-0.3, -0.25) is 14.7 Å². The number of H-pyrrole nitrogens is 1. The third-order valence-electron chi connectivity index (χ3n) is 6.70. The molecule has 0 aliphatic carbocycles. The molecule has 0 saturated carbocycles. The van der Waals surface area contributed by atoms with Crippen molar-refractivity contribution >= 4 is 28.3 Å². The molecule has 1 fully saturated rings. The van der Waals surface area contributed by atoms with Gasteiger partial charge in [-0.2, -0.15) is 0 Å². The molecule has 4 heterocycles. The quantitative estimate of drug-likeness (QED) is 0.355. The van der Waals surface area contributed by atoms with Crippen molar-refractivity contribution in [3.05, 3.63) is 71.8 Å². The van der Waals surface area contributed by atoms with Gasteiger partial charge < -0.3 is 15.2 Å². The molecule has 1 aromatic carbocycles. The van der Waals surface area contributed by atoms with Gasteiger partial charge in [-0.15, -0.1) is 0 Å². The van der Waals surface area contributed by atoms with Crippen LogP contribution < -0.4 is 10.2 Å².